The van der Waals surface area contributed by atoms with Crippen LogP contribution in [0.1, 0.15) is 19.3 Å². The number of nitrogens with zero attached hydrogens (tertiary/aromatic N) is 1. The maximum atomic E-state index is 13.1. The molecule has 0 aliphatic heterocycles. The highest BCUT2D eigenvalue weighted by molar-refractivity contribution is 6.31. The summed E-state index contributed by atoms with van der Waals surface area (Å²) in [5.74, 6) is 0.316. The van der Waals surface area contributed by atoms with Crippen LogP contribution < -0.4 is 10.6 Å². The molecule has 1 heterocycles. The molecule has 1 amide bonds. The first kappa shape index (κ1) is 14.8. The lowest BCUT2D eigenvalue weighted by molar-refractivity contribution is -0.122. The van der Waals surface area contributed by atoms with Crippen molar-refractivity contribution in [3.05, 3.63) is 47.4 Å². The van der Waals surface area contributed by atoms with Crippen molar-refractivity contribution in [1.29, 1.82) is 0 Å². The lowest BCUT2D eigenvalue weighted by Crippen LogP contribution is -2.28. The molecule has 22 heavy (non-hydrogen) atoms. The number of rotatable bonds is 4. The molecule has 6 heteroatoms. The highest BCUT2D eigenvalue weighted by Crippen LogP contribution is 2.28. The van der Waals surface area contributed by atoms with Crippen LogP contribution in [-0.4, -0.2) is 10.9 Å². The molecule has 2 N–H and O–H groups in total. The maximum absolute atomic E-state index is 13.1. The Labute approximate surface area is 132 Å². The van der Waals surface area contributed by atoms with Gasteiger partial charge in [0.05, 0.1) is 16.9 Å². The van der Waals surface area contributed by atoms with E-state index in [1.165, 1.54) is 12.1 Å². The van der Waals surface area contributed by atoms with Gasteiger partial charge in [0.25, 0.3) is 0 Å². The second kappa shape index (κ2) is 6.32. The fourth-order valence-electron chi connectivity index (χ4n) is 2.18. The van der Waals surface area contributed by atoms with Gasteiger partial charge >= 0.3 is 0 Å². The van der Waals surface area contributed by atoms with Gasteiger partial charge in [0.2, 0.25) is 5.91 Å². The number of carbonyl (C=O) groups excluding carboxylic acids is 1. The van der Waals surface area contributed by atoms with E-state index >= 15 is 0 Å². The van der Waals surface area contributed by atoms with Gasteiger partial charge in [-0.15, -0.1) is 0 Å². The maximum Gasteiger partial charge on any atom is 0.227 e. The Balaban J connectivity index is 1.63. The first-order valence-electron chi connectivity index (χ1n) is 7.11. The quantitative estimate of drug-likeness (QED) is 0.880. The van der Waals surface area contributed by atoms with E-state index in [1.54, 1.807) is 24.4 Å². The van der Waals surface area contributed by atoms with Crippen molar-refractivity contribution in [1.82, 2.24) is 4.98 Å². The normalized spacial score (nSPS) is 14.3. The molecular formula is C16H15ClFN3O. The van der Waals surface area contributed by atoms with Crippen LogP contribution in [0.15, 0.2) is 36.5 Å². The minimum atomic E-state index is -0.464. The molecule has 4 nitrogen and oxygen atoms in total. The summed E-state index contributed by atoms with van der Waals surface area (Å²) < 4.78 is 13.1. The Morgan fingerprint density at radius 1 is 1.23 bits per heavy atom. The Kier molecular flexibility index (Phi) is 4.24. The van der Waals surface area contributed by atoms with E-state index in [-0.39, 0.29) is 16.8 Å². The van der Waals surface area contributed by atoms with Gasteiger partial charge in [-0.05, 0) is 43.2 Å². The summed E-state index contributed by atoms with van der Waals surface area (Å²) in [5, 5.41) is 5.92. The predicted octanol–water partition coefficient (Wildman–Crippen LogP) is 4.36. The second-order valence-corrected chi connectivity index (χ2v) is 5.71. The van der Waals surface area contributed by atoms with E-state index in [4.69, 9.17) is 11.6 Å². The van der Waals surface area contributed by atoms with E-state index in [1.807, 2.05) is 0 Å². The van der Waals surface area contributed by atoms with Crippen LogP contribution >= 0.6 is 11.6 Å². The van der Waals surface area contributed by atoms with Crippen molar-refractivity contribution in [3.63, 3.8) is 0 Å². The number of halogens is 2. The summed E-state index contributed by atoms with van der Waals surface area (Å²) in [4.78, 5) is 16.1. The van der Waals surface area contributed by atoms with Gasteiger partial charge in [-0.2, -0.15) is 0 Å². The molecule has 2 aromatic rings. The first-order chi connectivity index (χ1) is 10.6. The van der Waals surface area contributed by atoms with Crippen LogP contribution in [0.3, 0.4) is 0 Å². The van der Waals surface area contributed by atoms with E-state index in [0.717, 1.165) is 19.3 Å². The van der Waals surface area contributed by atoms with Gasteiger partial charge in [0.1, 0.15) is 11.6 Å². The Morgan fingerprint density at radius 2 is 2.00 bits per heavy atom. The number of aromatic nitrogens is 1. The Morgan fingerprint density at radius 3 is 2.59 bits per heavy atom. The van der Waals surface area contributed by atoms with Crippen LogP contribution in [0, 0.1) is 11.7 Å². The fraction of sp³-hybridized carbons (Fsp3) is 0.250. The summed E-state index contributed by atoms with van der Waals surface area (Å²) in [6, 6.07) is 7.88. The number of hydrogen-bond donors (Lipinski definition) is 2. The van der Waals surface area contributed by atoms with Gasteiger partial charge in [-0.1, -0.05) is 18.0 Å². The molecule has 3 rings (SSSR count). The number of amides is 1. The molecule has 1 aliphatic carbocycles. The molecule has 1 aromatic carbocycles. The first-order valence-corrected chi connectivity index (χ1v) is 7.48. The van der Waals surface area contributed by atoms with Crippen LogP contribution in [0.4, 0.5) is 21.6 Å². The summed E-state index contributed by atoms with van der Waals surface area (Å²) in [7, 11) is 0. The molecule has 0 saturated heterocycles. The van der Waals surface area contributed by atoms with Crippen molar-refractivity contribution >= 4 is 34.7 Å². The van der Waals surface area contributed by atoms with E-state index in [2.05, 4.69) is 15.6 Å². The molecule has 0 bridgehead atoms. The number of nitrogens with one attached hydrogen (secondary N) is 2. The van der Waals surface area contributed by atoms with Crippen molar-refractivity contribution in [2.75, 3.05) is 10.6 Å². The van der Waals surface area contributed by atoms with E-state index in [0.29, 0.717) is 17.2 Å². The third kappa shape index (κ3) is 3.36. The summed E-state index contributed by atoms with van der Waals surface area (Å²) >= 11 is 5.73. The lowest BCUT2D eigenvalue weighted by atomic mass is 9.85. The summed E-state index contributed by atoms with van der Waals surface area (Å²) in [5.41, 5.74) is 1.31. The Bertz CT molecular complexity index is 686. The standard InChI is InChI=1S/C16H15ClFN3O/c17-13-8-11(4-6-14(13)18)20-15-7-5-12(9-19-15)21-16(22)10-2-1-3-10/h4-10H,1-3H2,(H,19,20)(H,21,22). The topological polar surface area (TPSA) is 54.0 Å². The van der Waals surface area contributed by atoms with Crippen molar-refractivity contribution in [3.8, 4) is 0 Å². The van der Waals surface area contributed by atoms with Crippen LogP contribution in [0.25, 0.3) is 0 Å². The van der Waals surface area contributed by atoms with Gasteiger partial charge in [0, 0.05) is 11.6 Å². The largest absolute Gasteiger partial charge is 0.340 e. The SMILES string of the molecule is O=C(Nc1ccc(Nc2ccc(F)c(Cl)c2)nc1)C1CCC1. The summed E-state index contributed by atoms with van der Waals surface area (Å²) in [6.07, 6.45) is 4.64. The van der Waals surface area contributed by atoms with Crippen LogP contribution in [-0.2, 0) is 4.79 Å². The van der Waals surface area contributed by atoms with Crippen LogP contribution in [0.5, 0.6) is 0 Å². The fourth-order valence-corrected chi connectivity index (χ4v) is 2.36. The molecule has 114 valence electrons. The monoisotopic (exact) mass is 319 g/mol. The van der Waals surface area contributed by atoms with E-state index in [9.17, 15) is 9.18 Å². The van der Waals surface area contributed by atoms with Crippen molar-refractivity contribution in [2.24, 2.45) is 5.92 Å². The molecule has 1 fully saturated rings. The zero-order valence-corrected chi connectivity index (χ0v) is 12.5. The third-order valence-corrected chi connectivity index (χ3v) is 3.99. The molecular weight excluding hydrogens is 305 g/mol. The molecule has 0 unspecified atom stereocenters. The molecule has 0 spiro atoms. The number of hydrogen-bond acceptors (Lipinski definition) is 3. The minimum absolute atomic E-state index is 0.0504. The molecule has 1 saturated carbocycles. The third-order valence-electron chi connectivity index (χ3n) is 3.70. The van der Waals surface area contributed by atoms with Gasteiger partial charge < -0.3 is 10.6 Å². The molecule has 1 aromatic heterocycles. The minimum Gasteiger partial charge on any atom is -0.340 e. The van der Waals surface area contributed by atoms with Crippen LogP contribution in [0.2, 0.25) is 5.02 Å². The zero-order chi connectivity index (χ0) is 15.5. The zero-order valence-electron chi connectivity index (χ0n) is 11.8. The number of pyridine rings is 1. The van der Waals surface area contributed by atoms with Gasteiger partial charge in [-0.3, -0.25) is 4.79 Å². The average Bonchev–Trinajstić information content (AvgIpc) is 2.43. The molecule has 0 atom stereocenters. The van der Waals surface area contributed by atoms with Gasteiger partial charge in [-0.25, -0.2) is 9.37 Å². The Hall–Kier alpha value is -2.14. The predicted molar refractivity (Wildman–Crippen MR) is 84.9 cm³/mol. The highest BCUT2D eigenvalue weighted by Gasteiger charge is 2.25. The van der Waals surface area contributed by atoms with E-state index < -0.39 is 5.82 Å². The number of carbonyl (C=O) groups is 1. The lowest BCUT2D eigenvalue weighted by Gasteiger charge is -2.23. The molecule has 1 aliphatic rings. The second-order valence-electron chi connectivity index (χ2n) is 5.30. The smallest absolute Gasteiger partial charge is 0.227 e. The summed E-state index contributed by atoms with van der Waals surface area (Å²) in [6.45, 7) is 0. The van der Waals surface area contributed by atoms with Crippen molar-refractivity contribution in [2.45, 2.75) is 19.3 Å². The average molecular weight is 320 g/mol. The van der Waals surface area contributed by atoms with Gasteiger partial charge in [0.15, 0.2) is 0 Å². The number of benzene rings is 1. The highest BCUT2D eigenvalue weighted by atomic mass is 35.5. The molecule has 0 radical (unpaired) electrons. The number of anilines is 3. The van der Waals surface area contributed by atoms with Crippen molar-refractivity contribution < 1.29 is 9.18 Å².